The summed E-state index contributed by atoms with van der Waals surface area (Å²) < 4.78 is 5.09. The van der Waals surface area contributed by atoms with Gasteiger partial charge in [-0.05, 0) is 12.1 Å². The van der Waals surface area contributed by atoms with Crippen molar-refractivity contribution in [1.29, 1.82) is 0 Å². The molecule has 0 aliphatic carbocycles. The van der Waals surface area contributed by atoms with E-state index in [1.165, 1.54) is 6.07 Å². The van der Waals surface area contributed by atoms with Crippen LogP contribution in [0.25, 0.3) is 0 Å². The van der Waals surface area contributed by atoms with Crippen LogP contribution in [0.4, 0.5) is 5.69 Å². The summed E-state index contributed by atoms with van der Waals surface area (Å²) in [7, 11) is 0. The van der Waals surface area contributed by atoms with E-state index in [1.54, 1.807) is 12.1 Å². The Morgan fingerprint density at radius 3 is 2.79 bits per heavy atom. The third-order valence-corrected chi connectivity index (χ3v) is 1.68. The molecule has 0 unspecified atom stereocenters. The summed E-state index contributed by atoms with van der Waals surface area (Å²) in [4.78, 5) is 10.9. The van der Waals surface area contributed by atoms with Crippen LogP contribution in [0.15, 0.2) is 18.2 Å². The number of carbonyl (C=O) groups is 1. The molecule has 0 aliphatic heterocycles. The Balaban J connectivity index is 2.95. The molecule has 0 radical (unpaired) electrons. The van der Waals surface area contributed by atoms with Gasteiger partial charge in [-0.1, -0.05) is 6.07 Å². The van der Waals surface area contributed by atoms with Gasteiger partial charge in [-0.25, -0.2) is 0 Å². The largest absolute Gasteiger partial charge is 0.489 e. The van der Waals surface area contributed by atoms with Crippen LogP contribution in [0.2, 0.25) is 0 Å². The Bertz CT molecular complexity index is 339. The normalized spacial score (nSPS) is 9.79. The topological polar surface area (TPSA) is 98.6 Å². The Labute approximate surface area is 81.3 Å². The van der Waals surface area contributed by atoms with Crippen LogP contribution in [0.5, 0.6) is 5.75 Å². The first-order valence-electron chi connectivity index (χ1n) is 4.08. The number of ether oxygens (including phenoxy) is 1. The van der Waals surface area contributed by atoms with Crippen molar-refractivity contribution in [2.75, 3.05) is 18.9 Å². The highest BCUT2D eigenvalue weighted by Gasteiger charge is 2.09. The van der Waals surface area contributed by atoms with Crippen LogP contribution in [-0.4, -0.2) is 24.2 Å². The summed E-state index contributed by atoms with van der Waals surface area (Å²) in [6.45, 7) is 0.0205. The van der Waals surface area contributed by atoms with E-state index in [4.69, 9.17) is 21.3 Å². The molecule has 1 rings (SSSR count). The number of aliphatic hydroxyl groups excluding tert-OH is 1. The number of amides is 1. The lowest BCUT2D eigenvalue weighted by Gasteiger charge is -2.09. The second-order valence-electron chi connectivity index (χ2n) is 2.65. The van der Waals surface area contributed by atoms with Crippen molar-refractivity contribution < 1.29 is 14.6 Å². The van der Waals surface area contributed by atoms with E-state index in [2.05, 4.69) is 0 Å². The number of nitrogen functional groups attached to an aromatic ring is 1. The number of aliphatic hydroxyl groups is 1. The summed E-state index contributed by atoms with van der Waals surface area (Å²) >= 11 is 0. The third kappa shape index (κ3) is 2.14. The minimum Gasteiger partial charge on any atom is -0.489 e. The molecule has 14 heavy (non-hydrogen) atoms. The van der Waals surface area contributed by atoms with Crippen molar-refractivity contribution in [1.82, 2.24) is 0 Å². The van der Waals surface area contributed by atoms with E-state index in [1.807, 2.05) is 0 Å². The Morgan fingerprint density at radius 2 is 2.21 bits per heavy atom. The predicted molar refractivity (Wildman–Crippen MR) is 52.0 cm³/mol. The number of carbonyl (C=O) groups excluding carboxylic acids is 1. The second-order valence-corrected chi connectivity index (χ2v) is 2.65. The van der Waals surface area contributed by atoms with Gasteiger partial charge in [-0.2, -0.15) is 0 Å². The van der Waals surface area contributed by atoms with E-state index >= 15 is 0 Å². The van der Waals surface area contributed by atoms with Crippen LogP contribution < -0.4 is 16.2 Å². The lowest BCUT2D eigenvalue weighted by atomic mass is 10.1. The number of anilines is 1. The number of para-hydroxylation sites is 1. The average Bonchev–Trinajstić information content (AvgIpc) is 2.16. The molecule has 1 aromatic carbocycles. The van der Waals surface area contributed by atoms with Crippen LogP contribution in [0.1, 0.15) is 10.4 Å². The molecule has 0 heterocycles. The number of hydrogen-bond donors (Lipinski definition) is 3. The van der Waals surface area contributed by atoms with Crippen molar-refractivity contribution in [3.05, 3.63) is 23.8 Å². The molecule has 0 bridgehead atoms. The number of benzene rings is 1. The quantitative estimate of drug-likeness (QED) is 0.578. The average molecular weight is 196 g/mol. The maximum absolute atomic E-state index is 10.9. The summed E-state index contributed by atoms with van der Waals surface area (Å²) in [5.41, 5.74) is 11.1. The smallest absolute Gasteiger partial charge is 0.250 e. The first kappa shape index (κ1) is 10.3. The van der Waals surface area contributed by atoms with E-state index in [-0.39, 0.29) is 24.5 Å². The lowest BCUT2D eigenvalue weighted by molar-refractivity contribution is 0.100. The van der Waals surface area contributed by atoms with Gasteiger partial charge in [0.2, 0.25) is 0 Å². The van der Waals surface area contributed by atoms with E-state index in [0.717, 1.165) is 0 Å². The van der Waals surface area contributed by atoms with Gasteiger partial charge in [-0.15, -0.1) is 0 Å². The van der Waals surface area contributed by atoms with E-state index < -0.39 is 5.91 Å². The van der Waals surface area contributed by atoms with Crippen molar-refractivity contribution in [2.45, 2.75) is 0 Å². The molecule has 0 aliphatic rings. The van der Waals surface area contributed by atoms with Crippen LogP contribution in [-0.2, 0) is 0 Å². The Kier molecular flexibility index (Phi) is 3.30. The third-order valence-electron chi connectivity index (χ3n) is 1.68. The molecular formula is C9H12N2O3. The van der Waals surface area contributed by atoms with E-state index in [9.17, 15) is 4.79 Å². The number of primary amides is 1. The van der Waals surface area contributed by atoms with Crippen molar-refractivity contribution in [3.63, 3.8) is 0 Å². The zero-order valence-electron chi connectivity index (χ0n) is 7.56. The number of rotatable bonds is 4. The summed E-state index contributed by atoms with van der Waals surface area (Å²) in [5, 5.41) is 8.54. The van der Waals surface area contributed by atoms with Crippen LogP contribution >= 0.6 is 0 Å². The Hall–Kier alpha value is -1.75. The van der Waals surface area contributed by atoms with Gasteiger partial charge in [0.15, 0.2) is 0 Å². The van der Waals surface area contributed by atoms with Crippen LogP contribution in [0.3, 0.4) is 0 Å². The van der Waals surface area contributed by atoms with Gasteiger partial charge >= 0.3 is 0 Å². The fourth-order valence-corrected chi connectivity index (χ4v) is 1.04. The predicted octanol–water partition coefficient (Wildman–Crippen LogP) is -0.261. The maximum atomic E-state index is 10.9. The lowest BCUT2D eigenvalue weighted by Crippen LogP contribution is -2.14. The Morgan fingerprint density at radius 1 is 1.50 bits per heavy atom. The van der Waals surface area contributed by atoms with Crippen molar-refractivity contribution in [3.8, 4) is 5.75 Å². The van der Waals surface area contributed by atoms with Crippen LogP contribution in [0, 0.1) is 0 Å². The zero-order valence-corrected chi connectivity index (χ0v) is 7.56. The van der Waals surface area contributed by atoms with Crippen molar-refractivity contribution >= 4 is 11.6 Å². The zero-order chi connectivity index (χ0) is 10.6. The van der Waals surface area contributed by atoms with Gasteiger partial charge in [0.05, 0.1) is 17.9 Å². The number of hydrogen-bond acceptors (Lipinski definition) is 4. The molecule has 5 N–H and O–H groups in total. The molecule has 5 nitrogen and oxygen atoms in total. The molecule has 0 saturated heterocycles. The van der Waals surface area contributed by atoms with Crippen molar-refractivity contribution in [2.24, 2.45) is 5.73 Å². The molecule has 1 aromatic rings. The molecule has 0 saturated carbocycles. The first-order chi connectivity index (χ1) is 6.66. The fourth-order valence-electron chi connectivity index (χ4n) is 1.04. The highest BCUT2D eigenvalue weighted by molar-refractivity contribution is 5.99. The minimum atomic E-state index is -0.600. The summed E-state index contributed by atoms with van der Waals surface area (Å²) in [6.07, 6.45) is 0. The molecule has 5 heteroatoms. The number of nitrogens with two attached hydrogens (primary N) is 2. The van der Waals surface area contributed by atoms with Gasteiger partial charge in [-0.3, -0.25) is 4.79 Å². The molecule has 76 valence electrons. The van der Waals surface area contributed by atoms with Gasteiger partial charge in [0.25, 0.3) is 5.91 Å². The SMILES string of the molecule is NC(=O)c1cccc(OCCO)c1N. The molecular weight excluding hydrogens is 184 g/mol. The summed E-state index contributed by atoms with van der Waals surface area (Å²) in [6, 6.07) is 4.74. The molecule has 0 atom stereocenters. The second kappa shape index (κ2) is 4.48. The minimum absolute atomic E-state index is 0.111. The molecule has 1 amide bonds. The maximum Gasteiger partial charge on any atom is 0.250 e. The van der Waals surface area contributed by atoms with Gasteiger partial charge < -0.3 is 21.3 Å². The fraction of sp³-hybridized carbons (Fsp3) is 0.222. The first-order valence-corrected chi connectivity index (χ1v) is 4.08. The molecule has 0 fully saturated rings. The molecule has 0 aromatic heterocycles. The van der Waals surface area contributed by atoms with Gasteiger partial charge in [0, 0.05) is 0 Å². The highest BCUT2D eigenvalue weighted by atomic mass is 16.5. The summed E-state index contributed by atoms with van der Waals surface area (Å²) in [5.74, 6) is -0.243. The van der Waals surface area contributed by atoms with Gasteiger partial charge in [0.1, 0.15) is 12.4 Å². The highest BCUT2D eigenvalue weighted by Crippen LogP contribution is 2.24. The standard InChI is InChI=1S/C9H12N2O3/c10-8-6(9(11)13)2-1-3-7(8)14-5-4-12/h1-3,12H,4-5,10H2,(H2,11,13). The monoisotopic (exact) mass is 196 g/mol. The molecule has 0 spiro atoms. The van der Waals surface area contributed by atoms with E-state index in [0.29, 0.717) is 5.75 Å².